The lowest BCUT2D eigenvalue weighted by Gasteiger charge is -2.32. The molecule has 1 aromatic heterocycles. The van der Waals surface area contributed by atoms with Gasteiger partial charge in [0, 0.05) is 31.8 Å². The third-order valence-corrected chi connectivity index (χ3v) is 5.61. The molecule has 0 spiro atoms. The molecule has 2 aromatic rings. The molecule has 1 saturated heterocycles. The number of amides is 1. The van der Waals surface area contributed by atoms with Crippen LogP contribution in [0.5, 0.6) is 5.75 Å². The van der Waals surface area contributed by atoms with Gasteiger partial charge in [-0.1, -0.05) is 17.3 Å². The van der Waals surface area contributed by atoms with Crippen LogP contribution in [0.3, 0.4) is 0 Å². The summed E-state index contributed by atoms with van der Waals surface area (Å²) in [6.45, 7) is 2.04. The van der Waals surface area contributed by atoms with Crippen molar-refractivity contribution < 1.29 is 18.8 Å². The number of aryl methyl sites for hydroxylation is 1. The number of carbonyl (C=O) groups is 1. The lowest BCUT2D eigenvalue weighted by atomic mass is 10.1. The van der Waals surface area contributed by atoms with Crippen LogP contribution in [0, 0.1) is 0 Å². The number of rotatable bonds is 9. The van der Waals surface area contributed by atoms with Crippen molar-refractivity contribution in [2.24, 2.45) is 0 Å². The summed E-state index contributed by atoms with van der Waals surface area (Å²) in [5, 5.41) is 4.03. The molecule has 7 nitrogen and oxygen atoms in total. The number of hydrogen-bond donors (Lipinski definition) is 0. The first-order valence-electron chi connectivity index (χ1n) is 10.6. The first-order chi connectivity index (χ1) is 14.2. The highest BCUT2D eigenvalue weighted by molar-refractivity contribution is 5.76. The van der Waals surface area contributed by atoms with Crippen molar-refractivity contribution in [2.45, 2.75) is 57.0 Å². The minimum atomic E-state index is 0.0866. The molecular weight excluding hydrogens is 370 g/mol. The summed E-state index contributed by atoms with van der Waals surface area (Å²) in [5.41, 5.74) is 1.15. The van der Waals surface area contributed by atoms with Gasteiger partial charge >= 0.3 is 0 Å². The van der Waals surface area contributed by atoms with Crippen molar-refractivity contribution in [1.82, 2.24) is 15.0 Å². The highest BCUT2D eigenvalue weighted by Gasteiger charge is 2.29. The minimum Gasteiger partial charge on any atom is -0.497 e. The second-order valence-corrected chi connectivity index (χ2v) is 7.90. The fourth-order valence-corrected chi connectivity index (χ4v) is 3.68. The van der Waals surface area contributed by atoms with Crippen LogP contribution in [0.25, 0.3) is 0 Å². The van der Waals surface area contributed by atoms with Crippen molar-refractivity contribution in [3.63, 3.8) is 0 Å². The molecule has 1 atom stereocenters. The third-order valence-electron chi connectivity index (χ3n) is 5.61. The Morgan fingerprint density at radius 3 is 2.79 bits per heavy atom. The molecule has 29 heavy (non-hydrogen) atoms. The third kappa shape index (κ3) is 5.56. The Labute approximate surface area is 171 Å². The van der Waals surface area contributed by atoms with E-state index in [0.29, 0.717) is 31.9 Å². The number of methoxy groups -OCH3 is 1. The van der Waals surface area contributed by atoms with Gasteiger partial charge in [-0.3, -0.25) is 4.79 Å². The Hall–Kier alpha value is -2.41. The molecule has 4 rings (SSSR count). The molecule has 1 saturated carbocycles. The van der Waals surface area contributed by atoms with Crippen LogP contribution in [0.1, 0.15) is 55.3 Å². The van der Waals surface area contributed by atoms with Crippen LogP contribution < -0.4 is 4.74 Å². The monoisotopic (exact) mass is 399 g/mol. The summed E-state index contributed by atoms with van der Waals surface area (Å²) < 4.78 is 16.5. The van der Waals surface area contributed by atoms with Gasteiger partial charge in [-0.05, 0) is 49.8 Å². The Bertz CT molecular complexity index is 801. The van der Waals surface area contributed by atoms with E-state index in [2.05, 4.69) is 10.1 Å². The molecule has 1 aromatic carbocycles. The molecule has 156 valence electrons. The maximum absolute atomic E-state index is 12.6. The summed E-state index contributed by atoms with van der Waals surface area (Å²) in [6.07, 6.45) is 6.28. The largest absolute Gasteiger partial charge is 0.497 e. The van der Waals surface area contributed by atoms with Crippen molar-refractivity contribution in [3.05, 3.63) is 41.5 Å². The van der Waals surface area contributed by atoms with E-state index in [1.165, 1.54) is 0 Å². The van der Waals surface area contributed by atoms with E-state index in [9.17, 15) is 4.79 Å². The standard InChI is InChI=1S/C22H29N3O4/c1-27-18-9-4-16(5-10-18)6-11-21(26)25-13-2-3-19(15-25)28-14-12-20-23-22(29-24-20)17-7-8-17/h4-5,9-10,17,19H,2-3,6-8,11-15H2,1H3. The second-order valence-electron chi connectivity index (χ2n) is 7.90. The fraction of sp³-hybridized carbons (Fsp3) is 0.591. The molecular formula is C22H29N3O4. The van der Waals surface area contributed by atoms with Crippen molar-refractivity contribution in [1.29, 1.82) is 0 Å². The second kappa shape index (κ2) is 9.39. The summed E-state index contributed by atoms with van der Waals surface area (Å²) in [7, 11) is 1.65. The van der Waals surface area contributed by atoms with Crippen molar-refractivity contribution >= 4 is 5.91 Å². The van der Waals surface area contributed by atoms with Gasteiger partial charge < -0.3 is 18.9 Å². The summed E-state index contributed by atoms with van der Waals surface area (Å²) in [5.74, 6) is 3.00. The van der Waals surface area contributed by atoms with E-state index in [4.69, 9.17) is 14.0 Å². The van der Waals surface area contributed by atoms with E-state index in [-0.39, 0.29) is 12.0 Å². The van der Waals surface area contributed by atoms with Gasteiger partial charge in [0.25, 0.3) is 0 Å². The molecule has 0 N–H and O–H groups in total. The van der Waals surface area contributed by atoms with Gasteiger partial charge in [-0.15, -0.1) is 0 Å². The topological polar surface area (TPSA) is 77.7 Å². The number of ether oxygens (including phenoxy) is 2. The van der Waals surface area contributed by atoms with Gasteiger partial charge in [0.2, 0.25) is 11.8 Å². The maximum Gasteiger partial charge on any atom is 0.229 e. The van der Waals surface area contributed by atoms with Gasteiger partial charge in [0.15, 0.2) is 5.82 Å². The van der Waals surface area contributed by atoms with Gasteiger partial charge in [0.05, 0.1) is 19.8 Å². The van der Waals surface area contributed by atoms with E-state index < -0.39 is 0 Å². The highest BCUT2D eigenvalue weighted by atomic mass is 16.5. The normalized spacial score (nSPS) is 19.3. The predicted octanol–water partition coefficient (Wildman–Crippen LogP) is 3.14. The smallest absolute Gasteiger partial charge is 0.229 e. The number of nitrogens with zero attached hydrogens (tertiary/aromatic N) is 3. The average Bonchev–Trinajstić information content (AvgIpc) is 3.51. The van der Waals surface area contributed by atoms with Gasteiger partial charge in [0.1, 0.15) is 5.75 Å². The highest BCUT2D eigenvalue weighted by Crippen LogP contribution is 2.38. The molecule has 1 aliphatic carbocycles. The van der Waals surface area contributed by atoms with Crippen molar-refractivity contribution in [3.8, 4) is 5.75 Å². The van der Waals surface area contributed by atoms with Crippen LogP contribution >= 0.6 is 0 Å². The van der Waals surface area contributed by atoms with Crippen molar-refractivity contribution in [2.75, 3.05) is 26.8 Å². The SMILES string of the molecule is COc1ccc(CCC(=O)N2CCCC(OCCc3noc(C4CC4)n3)C2)cc1. The Morgan fingerprint density at radius 2 is 2.03 bits per heavy atom. The molecule has 1 unspecified atom stereocenters. The first kappa shape index (κ1) is 19.9. The first-order valence-corrected chi connectivity index (χ1v) is 10.6. The molecule has 0 radical (unpaired) electrons. The molecule has 1 amide bonds. The zero-order valence-electron chi connectivity index (χ0n) is 17.0. The van der Waals surface area contributed by atoms with Crippen LogP contribution in [-0.4, -0.2) is 53.9 Å². The minimum absolute atomic E-state index is 0.0866. The predicted molar refractivity (Wildman–Crippen MR) is 107 cm³/mol. The molecule has 1 aliphatic heterocycles. The summed E-state index contributed by atoms with van der Waals surface area (Å²) >= 11 is 0. The zero-order valence-corrected chi connectivity index (χ0v) is 17.0. The van der Waals surface area contributed by atoms with Crippen LogP contribution in [0.4, 0.5) is 0 Å². The van der Waals surface area contributed by atoms with Crippen LogP contribution in [0.15, 0.2) is 28.8 Å². The van der Waals surface area contributed by atoms with Gasteiger partial charge in [-0.2, -0.15) is 4.98 Å². The van der Waals surface area contributed by atoms with Gasteiger partial charge in [-0.25, -0.2) is 0 Å². The summed E-state index contributed by atoms with van der Waals surface area (Å²) in [4.78, 5) is 19.0. The lowest BCUT2D eigenvalue weighted by molar-refractivity contribution is -0.135. The average molecular weight is 399 g/mol. The van der Waals surface area contributed by atoms with E-state index in [1.54, 1.807) is 7.11 Å². The lowest BCUT2D eigenvalue weighted by Crippen LogP contribution is -2.43. The number of piperidine rings is 1. The Morgan fingerprint density at radius 1 is 1.21 bits per heavy atom. The number of hydrogen-bond acceptors (Lipinski definition) is 6. The number of aromatic nitrogens is 2. The molecule has 2 fully saturated rings. The Balaban J connectivity index is 1.18. The molecule has 0 bridgehead atoms. The molecule has 2 heterocycles. The number of carbonyl (C=O) groups excluding carboxylic acids is 1. The molecule has 2 aliphatic rings. The fourth-order valence-electron chi connectivity index (χ4n) is 3.68. The van der Waals surface area contributed by atoms with E-state index in [0.717, 1.165) is 61.7 Å². The van der Waals surface area contributed by atoms with E-state index >= 15 is 0 Å². The zero-order chi connectivity index (χ0) is 20.1. The number of benzene rings is 1. The van der Waals surface area contributed by atoms with E-state index in [1.807, 2.05) is 29.2 Å². The number of likely N-dealkylation sites (tertiary alicyclic amines) is 1. The summed E-state index contributed by atoms with van der Waals surface area (Å²) in [6, 6.07) is 7.89. The maximum atomic E-state index is 12.6. The quantitative estimate of drug-likeness (QED) is 0.645. The van der Waals surface area contributed by atoms with Crippen LogP contribution in [0.2, 0.25) is 0 Å². The Kier molecular flexibility index (Phi) is 6.44. The van der Waals surface area contributed by atoms with Crippen LogP contribution in [-0.2, 0) is 22.4 Å². The molecule has 7 heteroatoms.